The van der Waals surface area contributed by atoms with E-state index in [0.717, 1.165) is 44.2 Å². The molecule has 2 aromatic rings. The number of benzene rings is 2. The number of ether oxygens (including phenoxy) is 2. The minimum Gasteiger partial charge on any atom is -0.494 e. The molecule has 1 aliphatic rings. The lowest BCUT2D eigenvalue weighted by atomic mass is 9.80. The van der Waals surface area contributed by atoms with Gasteiger partial charge in [-0.25, -0.2) is 9.18 Å². The van der Waals surface area contributed by atoms with Crippen molar-refractivity contribution >= 4 is 12.0 Å². The summed E-state index contributed by atoms with van der Waals surface area (Å²) in [6, 6.07) is 8.08. The van der Waals surface area contributed by atoms with Crippen molar-refractivity contribution in [2.24, 2.45) is 11.8 Å². The van der Waals surface area contributed by atoms with Gasteiger partial charge in [0.25, 0.3) is 0 Å². The van der Waals surface area contributed by atoms with E-state index in [-0.39, 0.29) is 17.0 Å². The molecule has 0 aliphatic heterocycles. The van der Waals surface area contributed by atoms with Crippen LogP contribution in [-0.4, -0.2) is 12.6 Å². The number of halogens is 4. The van der Waals surface area contributed by atoms with Crippen LogP contribution in [0.2, 0.25) is 0 Å². The molecule has 0 atom stereocenters. The van der Waals surface area contributed by atoms with Crippen LogP contribution in [0.15, 0.2) is 42.5 Å². The maximum atomic E-state index is 14.9. The Balaban J connectivity index is 1.77. The fourth-order valence-corrected chi connectivity index (χ4v) is 4.41. The summed E-state index contributed by atoms with van der Waals surface area (Å²) in [5, 5.41) is 0. The fraction of sp³-hybridized carbons (Fsp3) is 0.444. The Labute approximate surface area is 197 Å². The Morgan fingerprint density at radius 1 is 1.03 bits per heavy atom. The molecular formula is C27H30F4O3. The van der Waals surface area contributed by atoms with Gasteiger partial charge < -0.3 is 9.47 Å². The third kappa shape index (κ3) is 6.61. The lowest BCUT2D eigenvalue weighted by molar-refractivity contribution is -0.140. The summed E-state index contributed by atoms with van der Waals surface area (Å²) in [4.78, 5) is 12.4. The van der Waals surface area contributed by atoms with Crippen molar-refractivity contribution < 1.29 is 31.8 Å². The second-order valence-electron chi connectivity index (χ2n) is 8.62. The first kappa shape index (κ1) is 25.8. The number of hydrogen-bond acceptors (Lipinski definition) is 3. The van der Waals surface area contributed by atoms with E-state index in [1.165, 1.54) is 36.8 Å². The summed E-state index contributed by atoms with van der Waals surface area (Å²) in [6.45, 7) is 4.40. The van der Waals surface area contributed by atoms with Crippen molar-refractivity contribution in [1.29, 1.82) is 0 Å². The van der Waals surface area contributed by atoms with Crippen molar-refractivity contribution in [2.45, 2.75) is 58.5 Å². The summed E-state index contributed by atoms with van der Waals surface area (Å²) in [5.74, 6) is -1.93. The van der Waals surface area contributed by atoms with Crippen molar-refractivity contribution in [1.82, 2.24) is 0 Å². The summed E-state index contributed by atoms with van der Waals surface area (Å²) in [7, 11) is 0. The smallest absolute Gasteiger partial charge is 0.419 e. The highest BCUT2D eigenvalue weighted by molar-refractivity contribution is 5.91. The minimum atomic E-state index is -4.94. The van der Waals surface area contributed by atoms with Crippen molar-refractivity contribution in [2.75, 3.05) is 6.61 Å². The molecule has 0 amide bonds. The van der Waals surface area contributed by atoms with Crippen LogP contribution >= 0.6 is 0 Å². The fourth-order valence-electron chi connectivity index (χ4n) is 4.41. The number of rotatable bonds is 8. The normalized spacial score (nSPS) is 18.8. The predicted molar refractivity (Wildman–Crippen MR) is 123 cm³/mol. The molecule has 34 heavy (non-hydrogen) atoms. The highest BCUT2D eigenvalue weighted by Gasteiger charge is 2.38. The summed E-state index contributed by atoms with van der Waals surface area (Å²) >= 11 is 0. The highest BCUT2D eigenvalue weighted by Crippen LogP contribution is 2.39. The second kappa shape index (κ2) is 11.5. The number of hydrogen-bond donors (Lipinski definition) is 0. The molecular weight excluding hydrogens is 448 g/mol. The van der Waals surface area contributed by atoms with Gasteiger partial charge >= 0.3 is 12.1 Å². The van der Waals surface area contributed by atoms with E-state index >= 15 is 0 Å². The Morgan fingerprint density at radius 2 is 1.71 bits per heavy atom. The summed E-state index contributed by atoms with van der Waals surface area (Å²) < 4.78 is 66.4. The van der Waals surface area contributed by atoms with Gasteiger partial charge in [0, 0.05) is 0 Å². The lowest BCUT2D eigenvalue weighted by Gasteiger charge is -2.26. The van der Waals surface area contributed by atoms with Crippen LogP contribution in [0.1, 0.15) is 73.9 Å². The molecule has 0 unspecified atom stereocenters. The average Bonchev–Trinajstić information content (AvgIpc) is 2.80. The third-order valence-corrected chi connectivity index (χ3v) is 6.16. The Hall–Kier alpha value is -2.83. The van der Waals surface area contributed by atoms with E-state index < -0.39 is 29.3 Å². The minimum absolute atomic E-state index is 0.0686. The highest BCUT2D eigenvalue weighted by atomic mass is 19.4. The maximum Gasteiger partial charge on any atom is 0.419 e. The zero-order valence-corrected chi connectivity index (χ0v) is 19.5. The van der Waals surface area contributed by atoms with E-state index in [4.69, 9.17) is 9.47 Å². The molecule has 1 saturated carbocycles. The molecule has 3 rings (SSSR count). The van der Waals surface area contributed by atoms with Crippen LogP contribution < -0.4 is 9.47 Å². The molecule has 0 aromatic heterocycles. The van der Waals surface area contributed by atoms with Crippen LogP contribution in [0.25, 0.3) is 6.08 Å². The molecule has 0 saturated heterocycles. The number of alkyl halides is 3. The number of esters is 1. The first-order chi connectivity index (χ1) is 16.2. The standard InChI is InChI=1S/C27H30F4O3/c1-3-5-18-6-8-19(9-7-18)10-11-20-14-17-23(25(28)24(20)27(29,30)31)34-26(32)21-12-15-22(16-13-21)33-4-2/h10-19H,3-9H2,1-2H3/b11-10+. The van der Waals surface area contributed by atoms with Gasteiger partial charge in [-0.1, -0.05) is 38.0 Å². The quantitative estimate of drug-likeness (QED) is 0.219. The lowest BCUT2D eigenvalue weighted by Crippen LogP contribution is -2.15. The largest absolute Gasteiger partial charge is 0.494 e. The number of allylic oxidation sites excluding steroid dienone is 1. The molecule has 1 fully saturated rings. The van der Waals surface area contributed by atoms with Crippen molar-refractivity contribution in [3.63, 3.8) is 0 Å². The topological polar surface area (TPSA) is 35.5 Å². The van der Waals surface area contributed by atoms with Gasteiger partial charge in [0.15, 0.2) is 11.6 Å². The summed E-state index contributed by atoms with van der Waals surface area (Å²) in [6.07, 6.45) is 4.42. The molecule has 2 aromatic carbocycles. The second-order valence-corrected chi connectivity index (χ2v) is 8.62. The molecule has 184 valence electrons. The van der Waals surface area contributed by atoms with E-state index in [1.807, 2.05) is 0 Å². The van der Waals surface area contributed by atoms with Gasteiger partial charge in [-0.2, -0.15) is 13.2 Å². The van der Waals surface area contributed by atoms with E-state index in [0.29, 0.717) is 18.3 Å². The van der Waals surface area contributed by atoms with E-state index in [9.17, 15) is 22.4 Å². The first-order valence-corrected chi connectivity index (χ1v) is 11.8. The van der Waals surface area contributed by atoms with Gasteiger partial charge in [0.1, 0.15) is 11.3 Å². The van der Waals surface area contributed by atoms with E-state index in [1.54, 1.807) is 13.0 Å². The van der Waals surface area contributed by atoms with Gasteiger partial charge in [0.2, 0.25) is 0 Å². The van der Waals surface area contributed by atoms with Crippen LogP contribution in [0.5, 0.6) is 11.5 Å². The molecule has 0 spiro atoms. The molecule has 3 nitrogen and oxygen atoms in total. The number of carbonyl (C=O) groups is 1. The van der Waals surface area contributed by atoms with Gasteiger partial charge in [-0.05, 0) is 80.3 Å². The average molecular weight is 479 g/mol. The molecule has 1 aliphatic carbocycles. The zero-order valence-electron chi connectivity index (χ0n) is 19.5. The van der Waals surface area contributed by atoms with Crippen LogP contribution in [0, 0.1) is 17.7 Å². The Kier molecular flexibility index (Phi) is 8.75. The van der Waals surface area contributed by atoms with Gasteiger partial charge in [-0.3, -0.25) is 0 Å². The molecule has 0 radical (unpaired) electrons. The molecule has 7 heteroatoms. The van der Waals surface area contributed by atoms with Crippen LogP contribution in [0.4, 0.5) is 17.6 Å². The van der Waals surface area contributed by atoms with Crippen LogP contribution in [-0.2, 0) is 6.18 Å². The van der Waals surface area contributed by atoms with E-state index in [2.05, 4.69) is 6.92 Å². The maximum absolute atomic E-state index is 14.9. The van der Waals surface area contributed by atoms with Crippen LogP contribution in [0.3, 0.4) is 0 Å². The van der Waals surface area contributed by atoms with Gasteiger partial charge in [0.05, 0.1) is 12.2 Å². The third-order valence-electron chi connectivity index (χ3n) is 6.16. The van der Waals surface area contributed by atoms with Gasteiger partial charge in [-0.15, -0.1) is 0 Å². The molecule has 0 bridgehead atoms. The zero-order chi connectivity index (χ0) is 24.7. The molecule has 0 N–H and O–H groups in total. The van der Waals surface area contributed by atoms with Crippen molar-refractivity contribution in [3.05, 3.63) is 65.0 Å². The SMILES string of the molecule is CCCC1CCC(/C=C/c2ccc(OC(=O)c3ccc(OCC)cc3)c(F)c2C(F)(F)F)CC1. The number of carbonyl (C=O) groups excluding carboxylic acids is 1. The first-order valence-electron chi connectivity index (χ1n) is 11.8. The predicted octanol–water partition coefficient (Wildman–Crippen LogP) is 8.08. The summed E-state index contributed by atoms with van der Waals surface area (Å²) in [5.41, 5.74) is -1.64. The van der Waals surface area contributed by atoms with Crippen molar-refractivity contribution in [3.8, 4) is 11.5 Å². The Morgan fingerprint density at radius 3 is 2.29 bits per heavy atom. The molecule has 0 heterocycles. The monoisotopic (exact) mass is 478 g/mol. The Bertz CT molecular complexity index is 988.